The number of halogens is 1. The summed E-state index contributed by atoms with van der Waals surface area (Å²) in [6.45, 7) is -0.177. The molecule has 1 N–H and O–H groups in total. The van der Waals surface area contributed by atoms with E-state index in [1.165, 1.54) is 17.8 Å². The lowest BCUT2D eigenvalue weighted by Gasteiger charge is -2.09. The average molecular weight is 264 g/mol. The van der Waals surface area contributed by atoms with E-state index in [0.29, 0.717) is 10.5 Å². The lowest BCUT2D eigenvalue weighted by Crippen LogP contribution is -1.91. The molecule has 2 rings (SSSR count). The Bertz CT molecular complexity index is 543. The van der Waals surface area contributed by atoms with Gasteiger partial charge in [-0.25, -0.2) is 4.39 Å². The van der Waals surface area contributed by atoms with Crippen LogP contribution in [-0.2, 0) is 6.61 Å². The van der Waals surface area contributed by atoms with E-state index in [1.807, 2.05) is 24.3 Å². The van der Waals surface area contributed by atoms with Crippen LogP contribution in [0.4, 0.5) is 4.39 Å². The molecule has 94 valence electrons. The van der Waals surface area contributed by atoms with Crippen LogP contribution in [0.3, 0.4) is 0 Å². The van der Waals surface area contributed by atoms with Gasteiger partial charge in [-0.1, -0.05) is 30.0 Å². The Morgan fingerprint density at radius 1 is 1.22 bits per heavy atom. The van der Waals surface area contributed by atoms with Gasteiger partial charge in [0.25, 0.3) is 0 Å². The van der Waals surface area contributed by atoms with Gasteiger partial charge in [-0.15, -0.1) is 0 Å². The minimum atomic E-state index is -0.325. The van der Waals surface area contributed by atoms with E-state index in [1.54, 1.807) is 19.2 Å². The molecule has 0 fully saturated rings. The van der Waals surface area contributed by atoms with Crippen LogP contribution in [0.5, 0.6) is 5.75 Å². The monoisotopic (exact) mass is 264 g/mol. The normalized spacial score (nSPS) is 10.4. The number of rotatable bonds is 4. The van der Waals surface area contributed by atoms with Crippen molar-refractivity contribution < 1.29 is 14.2 Å². The van der Waals surface area contributed by atoms with Gasteiger partial charge in [0.2, 0.25) is 0 Å². The molecule has 4 heteroatoms. The average Bonchev–Trinajstić information content (AvgIpc) is 2.41. The number of benzene rings is 2. The molecule has 0 radical (unpaired) electrons. The summed E-state index contributed by atoms with van der Waals surface area (Å²) in [4.78, 5) is 1.32. The molecule has 2 aromatic rings. The summed E-state index contributed by atoms with van der Waals surface area (Å²) in [5.74, 6) is 0.399. The zero-order chi connectivity index (χ0) is 13.0. The van der Waals surface area contributed by atoms with Crippen LogP contribution in [-0.4, -0.2) is 12.2 Å². The van der Waals surface area contributed by atoms with Crippen molar-refractivity contribution in [2.24, 2.45) is 0 Å². The van der Waals surface area contributed by atoms with E-state index in [2.05, 4.69) is 0 Å². The van der Waals surface area contributed by atoms with Crippen LogP contribution < -0.4 is 4.74 Å². The van der Waals surface area contributed by atoms with Crippen molar-refractivity contribution in [3.63, 3.8) is 0 Å². The van der Waals surface area contributed by atoms with Crippen LogP contribution in [0.1, 0.15) is 5.56 Å². The van der Waals surface area contributed by atoms with Crippen molar-refractivity contribution in [3.8, 4) is 5.75 Å². The Morgan fingerprint density at radius 2 is 2.00 bits per heavy atom. The van der Waals surface area contributed by atoms with E-state index in [4.69, 9.17) is 4.74 Å². The molecule has 2 nitrogen and oxygen atoms in total. The smallest absolute Gasteiger partial charge is 0.137 e. The standard InChI is InChI=1S/C14H13FO2S/c1-17-11-5-3-6-12(8-11)18-14-10(9-16)4-2-7-13(14)15/h2-8,16H,9H2,1H3. The van der Waals surface area contributed by atoms with Crippen molar-refractivity contribution in [2.45, 2.75) is 16.4 Å². The molecule has 0 aliphatic carbocycles. The maximum atomic E-state index is 13.7. The van der Waals surface area contributed by atoms with Crippen molar-refractivity contribution in [2.75, 3.05) is 7.11 Å². The first-order valence-corrected chi connectivity index (χ1v) is 6.26. The molecule has 0 aliphatic rings. The van der Waals surface area contributed by atoms with Gasteiger partial charge < -0.3 is 9.84 Å². The molecular formula is C14H13FO2S. The lowest BCUT2D eigenvalue weighted by molar-refractivity contribution is 0.277. The molecular weight excluding hydrogens is 251 g/mol. The maximum Gasteiger partial charge on any atom is 0.137 e. The summed E-state index contributed by atoms with van der Waals surface area (Å²) in [6.07, 6.45) is 0. The van der Waals surface area contributed by atoms with E-state index in [9.17, 15) is 9.50 Å². The number of aliphatic hydroxyl groups excluding tert-OH is 1. The van der Waals surface area contributed by atoms with Gasteiger partial charge in [0.15, 0.2) is 0 Å². The van der Waals surface area contributed by atoms with Gasteiger partial charge in [0.05, 0.1) is 18.6 Å². The fourth-order valence-corrected chi connectivity index (χ4v) is 2.56. The van der Waals surface area contributed by atoms with Gasteiger partial charge in [-0.05, 0) is 29.8 Å². The minimum absolute atomic E-state index is 0.177. The maximum absolute atomic E-state index is 13.7. The third kappa shape index (κ3) is 2.83. The van der Waals surface area contributed by atoms with Gasteiger partial charge in [-0.2, -0.15) is 0 Å². The third-order valence-electron chi connectivity index (χ3n) is 2.48. The zero-order valence-corrected chi connectivity index (χ0v) is 10.7. The van der Waals surface area contributed by atoms with Gasteiger partial charge in [0.1, 0.15) is 11.6 Å². The van der Waals surface area contributed by atoms with Crippen LogP contribution in [0.2, 0.25) is 0 Å². The molecule has 0 amide bonds. The van der Waals surface area contributed by atoms with Gasteiger partial charge in [-0.3, -0.25) is 0 Å². The SMILES string of the molecule is COc1cccc(Sc2c(F)cccc2CO)c1. The minimum Gasteiger partial charge on any atom is -0.497 e. The fraction of sp³-hybridized carbons (Fsp3) is 0.143. The largest absolute Gasteiger partial charge is 0.497 e. The summed E-state index contributed by atoms with van der Waals surface area (Å²) >= 11 is 1.28. The second kappa shape index (κ2) is 5.89. The molecule has 0 aliphatic heterocycles. The van der Waals surface area contributed by atoms with E-state index in [0.717, 1.165) is 10.6 Å². The molecule has 2 aromatic carbocycles. The van der Waals surface area contributed by atoms with Crippen molar-refractivity contribution in [3.05, 3.63) is 53.8 Å². The van der Waals surface area contributed by atoms with Gasteiger partial charge >= 0.3 is 0 Å². The van der Waals surface area contributed by atoms with Crippen LogP contribution >= 0.6 is 11.8 Å². The first-order valence-electron chi connectivity index (χ1n) is 5.44. The highest BCUT2D eigenvalue weighted by Gasteiger charge is 2.09. The Balaban J connectivity index is 2.33. The van der Waals surface area contributed by atoms with E-state index >= 15 is 0 Å². The molecule has 0 unspecified atom stereocenters. The first-order chi connectivity index (χ1) is 8.74. The topological polar surface area (TPSA) is 29.5 Å². The quantitative estimate of drug-likeness (QED) is 0.916. The molecule has 0 saturated carbocycles. The first kappa shape index (κ1) is 12.9. The fourth-order valence-electron chi connectivity index (χ4n) is 1.57. The summed E-state index contributed by atoms with van der Waals surface area (Å²) < 4.78 is 18.9. The zero-order valence-electron chi connectivity index (χ0n) is 9.89. The van der Waals surface area contributed by atoms with E-state index < -0.39 is 0 Å². The number of hydrogen-bond donors (Lipinski definition) is 1. The van der Waals surface area contributed by atoms with Crippen molar-refractivity contribution >= 4 is 11.8 Å². The Kier molecular flexibility index (Phi) is 4.23. The van der Waals surface area contributed by atoms with Gasteiger partial charge in [0, 0.05) is 4.90 Å². The summed E-state index contributed by atoms with van der Waals surface area (Å²) in [7, 11) is 1.59. The molecule has 0 bridgehead atoms. The predicted octanol–water partition coefficient (Wildman–Crippen LogP) is 3.48. The lowest BCUT2D eigenvalue weighted by atomic mass is 10.2. The molecule has 0 saturated heterocycles. The van der Waals surface area contributed by atoms with E-state index in [-0.39, 0.29) is 12.4 Å². The van der Waals surface area contributed by atoms with Crippen LogP contribution in [0.25, 0.3) is 0 Å². The second-order valence-electron chi connectivity index (χ2n) is 3.67. The third-order valence-corrected chi connectivity index (χ3v) is 3.63. The van der Waals surface area contributed by atoms with Crippen molar-refractivity contribution in [1.82, 2.24) is 0 Å². The predicted molar refractivity (Wildman–Crippen MR) is 69.4 cm³/mol. The molecule has 0 spiro atoms. The molecule has 0 atom stereocenters. The summed E-state index contributed by atoms with van der Waals surface area (Å²) in [6, 6.07) is 12.1. The Labute approximate surface area is 109 Å². The highest BCUT2D eigenvalue weighted by molar-refractivity contribution is 7.99. The number of aliphatic hydroxyl groups is 1. The second-order valence-corrected chi connectivity index (χ2v) is 4.75. The highest BCUT2D eigenvalue weighted by atomic mass is 32.2. The van der Waals surface area contributed by atoms with Crippen LogP contribution in [0.15, 0.2) is 52.3 Å². The Morgan fingerprint density at radius 3 is 2.72 bits per heavy atom. The number of methoxy groups -OCH3 is 1. The Hall–Kier alpha value is -1.52. The summed E-state index contributed by atoms with van der Waals surface area (Å²) in [5, 5.41) is 9.22. The number of ether oxygens (including phenoxy) is 1. The molecule has 18 heavy (non-hydrogen) atoms. The van der Waals surface area contributed by atoms with Crippen LogP contribution in [0, 0.1) is 5.82 Å². The molecule has 0 heterocycles. The van der Waals surface area contributed by atoms with Crippen molar-refractivity contribution in [1.29, 1.82) is 0 Å². The number of hydrogen-bond acceptors (Lipinski definition) is 3. The summed E-state index contributed by atoms with van der Waals surface area (Å²) in [5.41, 5.74) is 0.586. The highest BCUT2D eigenvalue weighted by Crippen LogP contribution is 2.34. The molecule has 0 aromatic heterocycles.